The highest BCUT2D eigenvalue weighted by Crippen LogP contribution is 2.18. The molecule has 0 aliphatic heterocycles. The van der Waals surface area contributed by atoms with Crippen molar-refractivity contribution in [1.82, 2.24) is 24.5 Å². The third kappa shape index (κ3) is 5.11. The Balaban J connectivity index is 1.63. The normalized spacial score (nSPS) is 11.3. The van der Waals surface area contributed by atoms with E-state index < -0.39 is 0 Å². The lowest BCUT2D eigenvalue weighted by atomic mass is 10.2. The van der Waals surface area contributed by atoms with Crippen LogP contribution in [0.5, 0.6) is 0 Å². The van der Waals surface area contributed by atoms with Crippen LogP contribution in [0.1, 0.15) is 22.5 Å². The van der Waals surface area contributed by atoms with E-state index in [1.165, 1.54) is 16.8 Å². The summed E-state index contributed by atoms with van der Waals surface area (Å²) in [5.74, 6) is 0. The molecule has 27 heavy (non-hydrogen) atoms. The van der Waals surface area contributed by atoms with Crippen molar-refractivity contribution in [3.63, 3.8) is 0 Å². The highest BCUT2D eigenvalue weighted by atomic mass is 35.5. The van der Waals surface area contributed by atoms with Gasteiger partial charge in [0, 0.05) is 35.6 Å². The van der Waals surface area contributed by atoms with E-state index in [1.54, 1.807) is 0 Å². The Morgan fingerprint density at radius 2 is 1.89 bits per heavy atom. The summed E-state index contributed by atoms with van der Waals surface area (Å²) < 4.78 is 4.02. The van der Waals surface area contributed by atoms with Gasteiger partial charge in [-0.05, 0) is 45.6 Å². The summed E-state index contributed by atoms with van der Waals surface area (Å²) in [6.45, 7) is 7.50. The number of benzene rings is 1. The lowest BCUT2D eigenvalue weighted by Gasteiger charge is -2.09. The summed E-state index contributed by atoms with van der Waals surface area (Å²) >= 11 is 5.97. The molecule has 0 spiro atoms. The van der Waals surface area contributed by atoms with Crippen molar-refractivity contribution in [1.29, 1.82) is 0 Å². The zero-order chi connectivity index (χ0) is 19.4. The number of aryl methyl sites for hydroxylation is 1. The molecule has 1 N–H and O–H groups in total. The van der Waals surface area contributed by atoms with Gasteiger partial charge in [-0.2, -0.15) is 10.2 Å². The number of likely N-dealkylation sites (N-methyl/N-ethyl adjacent to an activating group) is 1. The summed E-state index contributed by atoms with van der Waals surface area (Å²) in [7, 11) is 4.13. The fourth-order valence-electron chi connectivity index (χ4n) is 2.98. The van der Waals surface area contributed by atoms with E-state index in [-0.39, 0.29) is 0 Å². The molecule has 3 aromatic rings. The number of hydrogen-bond acceptors (Lipinski definition) is 4. The molecular formula is C20H27ClN6. The Morgan fingerprint density at radius 3 is 2.59 bits per heavy atom. The number of rotatable bonds is 8. The Labute approximate surface area is 165 Å². The molecule has 2 heterocycles. The van der Waals surface area contributed by atoms with Gasteiger partial charge in [-0.1, -0.05) is 23.7 Å². The molecule has 6 nitrogen and oxygen atoms in total. The average Bonchev–Trinajstić information content (AvgIpc) is 3.18. The first-order valence-electron chi connectivity index (χ1n) is 9.11. The fourth-order valence-corrected chi connectivity index (χ4v) is 3.10. The second-order valence-corrected chi connectivity index (χ2v) is 7.52. The molecular weight excluding hydrogens is 360 g/mol. The van der Waals surface area contributed by atoms with Crippen LogP contribution in [0.4, 0.5) is 5.69 Å². The quantitative estimate of drug-likeness (QED) is 0.643. The predicted octanol–water partition coefficient (Wildman–Crippen LogP) is 3.57. The van der Waals surface area contributed by atoms with E-state index in [9.17, 15) is 0 Å². The first-order valence-corrected chi connectivity index (χ1v) is 9.48. The van der Waals surface area contributed by atoms with Gasteiger partial charge in [0.15, 0.2) is 0 Å². The topological polar surface area (TPSA) is 50.9 Å². The molecule has 0 aliphatic carbocycles. The molecule has 7 heteroatoms. The van der Waals surface area contributed by atoms with Crippen LogP contribution in [0.3, 0.4) is 0 Å². The summed E-state index contributed by atoms with van der Waals surface area (Å²) in [4.78, 5) is 2.15. The number of halogens is 1. The van der Waals surface area contributed by atoms with Gasteiger partial charge in [0.05, 0.1) is 30.7 Å². The second kappa shape index (κ2) is 8.59. The maximum atomic E-state index is 5.97. The Hall–Kier alpha value is -2.31. The number of nitrogens with one attached hydrogen (secondary N) is 1. The zero-order valence-electron chi connectivity index (χ0n) is 16.4. The van der Waals surface area contributed by atoms with Gasteiger partial charge in [0.2, 0.25) is 0 Å². The smallest absolute Gasteiger partial charge is 0.0729 e. The number of hydrogen-bond donors (Lipinski definition) is 1. The molecule has 0 saturated heterocycles. The van der Waals surface area contributed by atoms with Crippen LogP contribution in [0.2, 0.25) is 5.02 Å². The maximum absolute atomic E-state index is 5.97. The highest BCUT2D eigenvalue weighted by molar-refractivity contribution is 6.30. The van der Waals surface area contributed by atoms with Crippen LogP contribution in [-0.2, 0) is 19.6 Å². The highest BCUT2D eigenvalue weighted by Gasteiger charge is 2.12. The van der Waals surface area contributed by atoms with Crippen molar-refractivity contribution in [3.8, 4) is 0 Å². The van der Waals surface area contributed by atoms with Crippen molar-refractivity contribution in [2.24, 2.45) is 0 Å². The first-order chi connectivity index (χ1) is 12.9. The lowest BCUT2D eigenvalue weighted by Crippen LogP contribution is -2.18. The van der Waals surface area contributed by atoms with Crippen LogP contribution >= 0.6 is 11.6 Å². The van der Waals surface area contributed by atoms with E-state index in [2.05, 4.69) is 47.9 Å². The summed E-state index contributed by atoms with van der Waals surface area (Å²) in [6, 6.07) is 7.91. The van der Waals surface area contributed by atoms with Gasteiger partial charge in [0.25, 0.3) is 0 Å². The summed E-state index contributed by atoms with van der Waals surface area (Å²) in [5, 5.41) is 13.3. The predicted molar refractivity (Wildman–Crippen MR) is 110 cm³/mol. The maximum Gasteiger partial charge on any atom is 0.0729 e. The largest absolute Gasteiger partial charge is 0.378 e. The number of aromatic nitrogens is 4. The van der Waals surface area contributed by atoms with Crippen LogP contribution in [0.15, 0.2) is 36.7 Å². The molecule has 0 radical (unpaired) electrons. The first kappa shape index (κ1) is 19.5. The van der Waals surface area contributed by atoms with E-state index in [0.29, 0.717) is 0 Å². The Morgan fingerprint density at radius 1 is 1.15 bits per heavy atom. The minimum atomic E-state index is 0.734. The van der Waals surface area contributed by atoms with Crippen LogP contribution < -0.4 is 5.32 Å². The monoisotopic (exact) mass is 386 g/mol. The average molecular weight is 387 g/mol. The zero-order valence-corrected chi connectivity index (χ0v) is 17.2. The third-order valence-corrected chi connectivity index (χ3v) is 4.91. The molecule has 2 aromatic heterocycles. The van der Waals surface area contributed by atoms with Gasteiger partial charge in [-0.3, -0.25) is 9.36 Å². The van der Waals surface area contributed by atoms with Crippen molar-refractivity contribution in [3.05, 3.63) is 64.2 Å². The third-order valence-electron chi connectivity index (χ3n) is 4.66. The molecule has 0 bridgehead atoms. The number of anilines is 1. The second-order valence-electron chi connectivity index (χ2n) is 7.08. The lowest BCUT2D eigenvalue weighted by molar-refractivity contribution is 0.373. The van der Waals surface area contributed by atoms with Gasteiger partial charge >= 0.3 is 0 Å². The van der Waals surface area contributed by atoms with Gasteiger partial charge in [-0.25, -0.2) is 0 Å². The van der Waals surface area contributed by atoms with E-state index in [0.717, 1.165) is 42.6 Å². The summed E-state index contributed by atoms with van der Waals surface area (Å²) in [6.07, 6.45) is 3.92. The SMILES string of the molecule is Cc1nn(Cc2ccc(Cl)cc2)c(C)c1CNc1cnn(CCN(C)C)c1. The van der Waals surface area contributed by atoms with Crippen LogP contribution in [0, 0.1) is 13.8 Å². The van der Waals surface area contributed by atoms with Gasteiger partial charge < -0.3 is 10.2 Å². The van der Waals surface area contributed by atoms with Gasteiger partial charge in [-0.15, -0.1) is 0 Å². The molecule has 0 atom stereocenters. The Kier molecular flexibility index (Phi) is 6.19. The molecule has 0 fully saturated rings. The molecule has 0 aliphatic rings. The fraction of sp³-hybridized carbons (Fsp3) is 0.400. The van der Waals surface area contributed by atoms with Crippen molar-refractivity contribution in [2.75, 3.05) is 26.0 Å². The van der Waals surface area contributed by atoms with Crippen molar-refractivity contribution < 1.29 is 0 Å². The minimum absolute atomic E-state index is 0.734. The Bertz CT molecular complexity index is 879. The molecule has 0 unspecified atom stereocenters. The minimum Gasteiger partial charge on any atom is -0.378 e. The van der Waals surface area contributed by atoms with E-state index in [4.69, 9.17) is 16.7 Å². The molecule has 0 amide bonds. The molecule has 0 saturated carbocycles. The molecule has 144 valence electrons. The molecule has 1 aromatic carbocycles. The standard InChI is InChI=1S/C20H27ClN6/c1-15-20(12-22-19-11-23-26(14-19)10-9-25(3)4)16(2)27(24-15)13-17-5-7-18(21)8-6-17/h5-8,11,14,22H,9-10,12-13H2,1-4H3. The number of nitrogens with zero attached hydrogens (tertiary/aromatic N) is 5. The molecule has 3 rings (SSSR count). The van der Waals surface area contributed by atoms with Gasteiger partial charge in [0.1, 0.15) is 0 Å². The van der Waals surface area contributed by atoms with E-state index >= 15 is 0 Å². The summed E-state index contributed by atoms with van der Waals surface area (Å²) in [5.41, 5.74) is 5.67. The van der Waals surface area contributed by atoms with E-state index in [1.807, 2.05) is 41.3 Å². The van der Waals surface area contributed by atoms with Crippen molar-refractivity contribution >= 4 is 17.3 Å². The van der Waals surface area contributed by atoms with Crippen LogP contribution in [0.25, 0.3) is 0 Å². The van der Waals surface area contributed by atoms with Crippen molar-refractivity contribution in [2.45, 2.75) is 33.5 Å². The van der Waals surface area contributed by atoms with Crippen LogP contribution in [-0.4, -0.2) is 45.1 Å².